The van der Waals surface area contributed by atoms with Crippen molar-refractivity contribution in [1.29, 1.82) is 0 Å². The lowest BCUT2D eigenvalue weighted by molar-refractivity contribution is -0.255. The highest BCUT2D eigenvalue weighted by Crippen LogP contribution is 2.12. The molecular formula is C6H5F2N2O2-. The first kappa shape index (κ1) is 8.63. The van der Waals surface area contributed by atoms with Crippen molar-refractivity contribution in [3.05, 3.63) is 17.5 Å². The van der Waals surface area contributed by atoms with Gasteiger partial charge in [-0.05, 0) is 13.0 Å². The van der Waals surface area contributed by atoms with Gasteiger partial charge in [0.25, 0.3) is 0 Å². The smallest absolute Gasteiger partial charge is 0.333 e. The van der Waals surface area contributed by atoms with Gasteiger partial charge >= 0.3 is 6.55 Å². The predicted octanol–water partition coefficient (Wildman–Crippen LogP) is -0.0499. The Kier molecular flexibility index (Phi) is 2.07. The van der Waals surface area contributed by atoms with Crippen molar-refractivity contribution in [3.8, 4) is 0 Å². The molecule has 0 radical (unpaired) electrons. The predicted molar refractivity (Wildman–Crippen MR) is 32.5 cm³/mol. The maximum atomic E-state index is 12.0. The van der Waals surface area contributed by atoms with Crippen LogP contribution in [-0.2, 0) is 0 Å². The molecule has 66 valence electrons. The molecule has 0 aromatic carbocycles. The van der Waals surface area contributed by atoms with E-state index in [4.69, 9.17) is 0 Å². The Labute approximate surface area is 66.4 Å². The Morgan fingerprint density at radius 1 is 1.75 bits per heavy atom. The topological polar surface area (TPSA) is 57.9 Å². The van der Waals surface area contributed by atoms with Crippen LogP contribution in [0.2, 0.25) is 0 Å². The quantitative estimate of drug-likeness (QED) is 0.633. The van der Waals surface area contributed by atoms with Crippen molar-refractivity contribution in [3.63, 3.8) is 0 Å². The number of hydrogen-bond acceptors (Lipinski definition) is 3. The zero-order valence-electron chi connectivity index (χ0n) is 6.12. The van der Waals surface area contributed by atoms with Gasteiger partial charge in [-0.15, -0.1) is 0 Å². The molecule has 1 rings (SSSR count). The van der Waals surface area contributed by atoms with E-state index < -0.39 is 18.2 Å². The Morgan fingerprint density at radius 3 is 2.58 bits per heavy atom. The second-order valence-electron chi connectivity index (χ2n) is 2.18. The highest BCUT2D eigenvalue weighted by atomic mass is 19.3. The number of rotatable bonds is 2. The molecule has 1 heterocycles. The minimum atomic E-state index is -2.82. The van der Waals surface area contributed by atoms with Gasteiger partial charge in [0.1, 0.15) is 5.69 Å². The van der Waals surface area contributed by atoms with Gasteiger partial charge in [0.15, 0.2) is 0 Å². The van der Waals surface area contributed by atoms with Crippen LogP contribution in [0.3, 0.4) is 0 Å². The number of nitrogens with zero attached hydrogens (tertiary/aromatic N) is 2. The van der Waals surface area contributed by atoms with E-state index in [2.05, 4.69) is 5.10 Å². The zero-order valence-corrected chi connectivity index (χ0v) is 6.12. The Balaban J connectivity index is 3.09. The average molecular weight is 175 g/mol. The molecule has 0 aliphatic rings. The molecule has 4 nitrogen and oxygen atoms in total. The summed E-state index contributed by atoms with van der Waals surface area (Å²) < 4.78 is 24.3. The van der Waals surface area contributed by atoms with Gasteiger partial charge < -0.3 is 9.90 Å². The van der Waals surface area contributed by atoms with Crippen LogP contribution >= 0.6 is 0 Å². The number of hydrogen-bond donors (Lipinski definition) is 0. The summed E-state index contributed by atoms with van der Waals surface area (Å²) in [6.07, 6.45) is 0. The van der Waals surface area contributed by atoms with E-state index >= 15 is 0 Å². The zero-order chi connectivity index (χ0) is 9.30. The number of carbonyl (C=O) groups is 1. The Bertz CT molecular complexity index is 308. The molecule has 0 aliphatic carbocycles. The number of aromatic carboxylic acids is 1. The lowest BCUT2D eigenvalue weighted by atomic mass is 10.4. The molecule has 0 atom stereocenters. The van der Waals surface area contributed by atoms with Crippen LogP contribution < -0.4 is 5.11 Å². The molecule has 6 heteroatoms. The Morgan fingerprint density at radius 2 is 2.33 bits per heavy atom. The van der Waals surface area contributed by atoms with Gasteiger partial charge in [-0.2, -0.15) is 13.9 Å². The summed E-state index contributed by atoms with van der Waals surface area (Å²) in [6, 6.07) is 1.03. The van der Waals surface area contributed by atoms with E-state index in [0.29, 0.717) is 4.68 Å². The second-order valence-corrected chi connectivity index (χ2v) is 2.18. The largest absolute Gasteiger partial charge is 0.543 e. The summed E-state index contributed by atoms with van der Waals surface area (Å²) in [5.41, 5.74) is -0.392. The summed E-state index contributed by atoms with van der Waals surface area (Å²) in [5, 5.41) is 13.3. The first-order valence-corrected chi connectivity index (χ1v) is 3.08. The maximum Gasteiger partial charge on any atom is 0.333 e. The first-order chi connectivity index (χ1) is 5.52. The fourth-order valence-corrected chi connectivity index (χ4v) is 0.785. The monoisotopic (exact) mass is 175 g/mol. The van der Waals surface area contributed by atoms with Crippen molar-refractivity contribution < 1.29 is 18.7 Å². The van der Waals surface area contributed by atoms with Gasteiger partial charge in [0, 0.05) is 5.69 Å². The number of carboxylic acids is 1. The summed E-state index contributed by atoms with van der Waals surface area (Å²) in [6.45, 7) is -1.48. The normalized spacial score (nSPS) is 10.7. The molecule has 0 unspecified atom stereocenters. The number of alkyl halides is 2. The summed E-state index contributed by atoms with van der Waals surface area (Å²) in [7, 11) is 0. The van der Waals surface area contributed by atoms with Gasteiger partial charge in [-0.3, -0.25) is 0 Å². The molecule has 0 saturated carbocycles. The van der Waals surface area contributed by atoms with Crippen LogP contribution in [0.5, 0.6) is 0 Å². The molecular weight excluding hydrogens is 170 g/mol. The van der Waals surface area contributed by atoms with E-state index in [-0.39, 0.29) is 5.69 Å². The summed E-state index contributed by atoms with van der Waals surface area (Å²) in [4.78, 5) is 10.2. The molecule has 0 bridgehead atoms. The molecule has 0 amide bonds. The van der Waals surface area contributed by atoms with Crippen molar-refractivity contribution in [2.45, 2.75) is 13.5 Å². The molecule has 0 saturated heterocycles. The third kappa shape index (κ3) is 1.41. The van der Waals surface area contributed by atoms with Crippen LogP contribution in [-0.4, -0.2) is 15.7 Å². The van der Waals surface area contributed by atoms with Crippen LogP contribution in [0, 0.1) is 6.92 Å². The number of halogens is 2. The Hall–Kier alpha value is -1.46. The molecule has 1 aromatic rings. The van der Waals surface area contributed by atoms with Gasteiger partial charge in [-0.25, -0.2) is 4.68 Å². The van der Waals surface area contributed by atoms with E-state index in [0.717, 1.165) is 6.07 Å². The highest BCUT2D eigenvalue weighted by molar-refractivity contribution is 5.83. The van der Waals surface area contributed by atoms with Crippen LogP contribution in [0.15, 0.2) is 6.07 Å². The third-order valence-corrected chi connectivity index (χ3v) is 1.32. The van der Waals surface area contributed by atoms with Crippen molar-refractivity contribution >= 4 is 5.97 Å². The molecule has 1 aromatic heterocycles. The maximum absolute atomic E-state index is 12.0. The van der Waals surface area contributed by atoms with Crippen molar-refractivity contribution in [2.75, 3.05) is 0 Å². The second kappa shape index (κ2) is 2.88. The first-order valence-electron chi connectivity index (χ1n) is 3.08. The molecule has 0 N–H and O–H groups in total. The third-order valence-electron chi connectivity index (χ3n) is 1.32. The highest BCUT2D eigenvalue weighted by Gasteiger charge is 2.11. The lowest BCUT2D eigenvalue weighted by Crippen LogP contribution is -2.23. The standard InChI is InChI=1S/C6H6F2N2O2/c1-3-2-4(5(11)12)9-10(3)6(7)8/h2,6H,1H3,(H,11,12)/p-1. The molecule has 0 fully saturated rings. The van der Waals surface area contributed by atoms with E-state index in [9.17, 15) is 18.7 Å². The minimum Gasteiger partial charge on any atom is -0.543 e. The van der Waals surface area contributed by atoms with Gasteiger partial charge in [-0.1, -0.05) is 0 Å². The van der Waals surface area contributed by atoms with Crippen molar-refractivity contribution in [1.82, 2.24) is 9.78 Å². The van der Waals surface area contributed by atoms with Gasteiger partial charge in [0.2, 0.25) is 0 Å². The average Bonchev–Trinajstić information content (AvgIpc) is 2.30. The number of carboxylic acid groups (broad SMARTS) is 1. The van der Waals surface area contributed by atoms with Crippen LogP contribution in [0.4, 0.5) is 8.78 Å². The van der Waals surface area contributed by atoms with Gasteiger partial charge in [0.05, 0.1) is 5.97 Å². The molecule has 12 heavy (non-hydrogen) atoms. The van der Waals surface area contributed by atoms with E-state index in [1.165, 1.54) is 6.92 Å². The summed E-state index contributed by atoms with van der Waals surface area (Å²) in [5.74, 6) is -1.56. The van der Waals surface area contributed by atoms with E-state index in [1.54, 1.807) is 0 Å². The minimum absolute atomic E-state index is 0.0872. The number of aromatic nitrogens is 2. The number of carbonyl (C=O) groups excluding carboxylic acids is 1. The lowest BCUT2D eigenvalue weighted by Gasteiger charge is -1.99. The molecule has 0 spiro atoms. The summed E-state index contributed by atoms with van der Waals surface area (Å²) >= 11 is 0. The van der Waals surface area contributed by atoms with E-state index in [1.807, 2.05) is 0 Å². The SMILES string of the molecule is Cc1cc(C(=O)[O-])nn1C(F)F. The van der Waals surface area contributed by atoms with Crippen molar-refractivity contribution in [2.24, 2.45) is 0 Å². The number of aryl methyl sites for hydroxylation is 1. The molecule has 0 aliphatic heterocycles. The fraction of sp³-hybridized carbons (Fsp3) is 0.333. The van der Waals surface area contributed by atoms with Crippen LogP contribution in [0.25, 0.3) is 0 Å². The van der Waals surface area contributed by atoms with Crippen LogP contribution in [0.1, 0.15) is 22.7 Å². The fourth-order valence-electron chi connectivity index (χ4n) is 0.785.